The number of aryl methyl sites for hydroxylation is 1. The lowest BCUT2D eigenvalue weighted by atomic mass is 10.2. The van der Waals surface area contributed by atoms with Crippen LogP contribution >= 0.6 is 0 Å². The highest BCUT2D eigenvalue weighted by atomic mass is 16.5. The average Bonchev–Trinajstić information content (AvgIpc) is 2.60. The molecule has 0 aliphatic carbocycles. The minimum atomic E-state index is 0.425. The van der Waals surface area contributed by atoms with Crippen molar-refractivity contribution in [2.75, 3.05) is 25.6 Å². The van der Waals surface area contributed by atoms with Crippen LogP contribution in [0.3, 0.4) is 0 Å². The topological polar surface area (TPSA) is 68.9 Å². The molecule has 0 unspecified atom stereocenters. The van der Waals surface area contributed by atoms with Crippen molar-refractivity contribution >= 4 is 11.6 Å². The first-order valence-electron chi connectivity index (χ1n) is 8.01. The largest absolute Gasteiger partial charge is 0.497 e. The molecular formula is C19H25N3O2. The summed E-state index contributed by atoms with van der Waals surface area (Å²) in [6.45, 7) is 3.92. The lowest BCUT2D eigenvalue weighted by Crippen LogP contribution is -2.22. The van der Waals surface area contributed by atoms with Crippen LogP contribution in [0.5, 0.6) is 5.75 Å². The van der Waals surface area contributed by atoms with Crippen LogP contribution in [0.15, 0.2) is 53.5 Å². The number of hydrogen-bond donors (Lipinski definition) is 2. The van der Waals surface area contributed by atoms with E-state index >= 15 is 0 Å². The molecule has 0 aromatic heterocycles. The van der Waals surface area contributed by atoms with Crippen molar-refractivity contribution in [2.45, 2.75) is 20.0 Å². The van der Waals surface area contributed by atoms with Crippen LogP contribution in [-0.2, 0) is 11.3 Å². The molecule has 0 fully saturated rings. The fraction of sp³-hybridized carbons (Fsp3) is 0.316. The van der Waals surface area contributed by atoms with Gasteiger partial charge in [0.2, 0.25) is 0 Å². The fourth-order valence-corrected chi connectivity index (χ4v) is 2.10. The molecule has 0 bridgehead atoms. The third-order valence-electron chi connectivity index (χ3n) is 3.48. The number of rotatable bonds is 8. The van der Waals surface area contributed by atoms with Crippen LogP contribution < -0.4 is 15.8 Å². The van der Waals surface area contributed by atoms with Gasteiger partial charge in [0.1, 0.15) is 5.75 Å². The van der Waals surface area contributed by atoms with Gasteiger partial charge in [0.25, 0.3) is 0 Å². The molecule has 0 saturated carbocycles. The summed E-state index contributed by atoms with van der Waals surface area (Å²) in [4.78, 5) is 4.30. The average molecular weight is 327 g/mol. The summed E-state index contributed by atoms with van der Waals surface area (Å²) in [5.74, 6) is 1.28. The second-order valence-corrected chi connectivity index (χ2v) is 5.51. The molecule has 0 aliphatic rings. The highest BCUT2D eigenvalue weighted by molar-refractivity contribution is 5.92. The Hall–Kier alpha value is -2.53. The fourth-order valence-electron chi connectivity index (χ4n) is 2.10. The number of benzene rings is 2. The van der Waals surface area contributed by atoms with Crippen molar-refractivity contribution in [2.24, 2.45) is 10.7 Å². The molecule has 2 aromatic carbocycles. The Kier molecular flexibility index (Phi) is 7.11. The SMILES string of the molecule is COc1ccc(COCCCN=C(N)Nc2ccc(C)cc2)cc1. The summed E-state index contributed by atoms with van der Waals surface area (Å²) in [7, 11) is 1.66. The zero-order valence-electron chi connectivity index (χ0n) is 14.3. The van der Waals surface area contributed by atoms with Gasteiger partial charge < -0.3 is 20.5 Å². The number of nitrogens with one attached hydrogen (secondary N) is 1. The number of nitrogens with two attached hydrogens (primary N) is 1. The van der Waals surface area contributed by atoms with Crippen LogP contribution in [0.4, 0.5) is 5.69 Å². The van der Waals surface area contributed by atoms with Crippen LogP contribution in [-0.4, -0.2) is 26.2 Å². The van der Waals surface area contributed by atoms with Gasteiger partial charge in [-0.05, 0) is 43.2 Å². The third kappa shape index (κ3) is 6.30. The second kappa shape index (κ2) is 9.57. The van der Waals surface area contributed by atoms with E-state index in [1.807, 2.05) is 55.5 Å². The van der Waals surface area contributed by atoms with E-state index in [0.717, 1.165) is 23.4 Å². The van der Waals surface area contributed by atoms with Crippen LogP contribution in [0.25, 0.3) is 0 Å². The van der Waals surface area contributed by atoms with Gasteiger partial charge in [0.05, 0.1) is 13.7 Å². The molecule has 0 radical (unpaired) electrons. The summed E-state index contributed by atoms with van der Waals surface area (Å²) in [5, 5.41) is 3.07. The summed E-state index contributed by atoms with van der Waals surface area (Å²) >= 11 is 0. The second-order valence-electron chi connectivity index (χ2n) is 5.51. The van der Waals surface area contributed by atoms with Gasteiger partial charge in [0.15, 0.2) is 5.96 Å². The number of hydrogen-bond acceptors (Lipinski definition) is 3. The molecule has 2 aromatic rings. The number of methoxy groups -OCH3 is 1. The quantitative estimate of drug-likeness (QED) is 0.443. The summed E-state index contributed by atoms with van der Waals surface area (Å²) in [5.41, 5.74) is 9.14. The molecule has 2 rings (SSSR count). The van der Waals surface area contributed by atoms with Gasteiger partial charge in [-0.1, -0.05) is 29.8 Å². The van der Waals surface area contributed by atoms with Gasteiger partial charge in [-0.3, -0.25) is 4.99 Å². The monoisotopic (exact) mass is 327 g/mol. The lowest BCUT2D eigenvalue weighted by Gasteiger charge is -2.07. The van der Waals surface area contributed by atoms with Crippen molar-refractivity contribution in [3.8, 4) is 5.75 Å². The predicted molar refractivity (Wildman–Crippen MR) is 98.6 cm³/mol. The van der Waals surface area contributed by atoms with Crippen LogP contribution in [0.2, 0.25) is 0 Å². The van der Waals surface area contributed by atoms with Crippen molar-refractivity contribution in [3.05, 3.63) is 59.7 Å². The molecular weight excluding hydrogens is 302 g/mol. The summed E-state index contributed by atoms with van der Waals surface area (Å²) < 4.78 is 10.8. The van der Waals surface area contributed by atoms with E-state index in [1.165, 1.54) is 5.56 Å². The Labute approximate surface area is 143 Å². The molecule has 0 aliphatic heterocycles. The molecule has 3 N–H and O–H groups in total. The number of nitrogens with zero attached hydrogens (tertiary/aromatic N) is 1. The van der Waals surface area contributed by atoms with Gasteiger partial charge >= 0.3 is 0 Å². The molecule has 0 saturated heterocycles. The van der Waals surface area contributed by atoms with E-state index in [9.17, 15) is 0 Å². The van der Waals surface area contributed by atoms with Gasteiger partial charge in [-0.15, -0.1) is 0 Å². The maximum atomic E-state index is 5.86. The first-order valence-corrected chi connectivity index (χ1v) is 8.01. The first kappa shape index (κ1) is 17.8. The Morgan fingerprint density at radius 1 is 1.08 bits per heavy atom. The Bertz CT molecular complexity index is 637. The zero-order valence-corrected chi connectivity index (χ0v) is 14.3. The van der Waals surface area contributed by atoms with E-state index in [0.29, 0.717) is 25.7 Å². The maximum Gasteiger partial charge on any atom is 0.193 e. The van der Waals surface area contributed by atoms with E-state index in [2.05, 4.69) is 10.3 Å². The highest BCUT2D eigenvalue weighted by Gasteiger charge is 1.96. The van der Waals surface area contributed by atoms with Gasteiger partial charge in [0, 0.05) is 18.8 Å². The highest BCUT2D eigenvalue weighted by Crippen LogP contribution is 2.12. The molecule has 24 heavy (non-hydrogen) atoms. The van der Waals surface area contributed by atoms with Crippen molar-refractivity contribution in [1.82, 2.24) is 0 Å². The first-order chi connectivity index (χ1) is 11.7. The number of aliphatic imine (C=N–C) groups is 1. The van der Waals surface area contributed by atoms with Crippen molar-refractivity contribution in [3.63, 3.8) is 0 Å². The number of guanidine groups is 1. The van der Waals surface area contributed by atoms with Gasteiger partial charge in [-0.2, -0.15) is 0 Å². The normalized spacial score (nSPS) is 11.3. The van der Waals surface area contributed by atoms with E-state index in [4.69, 9.17) is 15.2 Å². The molecule has 0 atom stereocenters. The van der Waals surface area contributed by atoms with E-state index in [-0.39, 0.29) is 0 Å². The number of ether oxygens (including phenoxy) is 2. The maximum absolute atomic E-state index is 5.86. The molecule has 0 heterocycles. The predicted octanol–water partition coefficient (Wildman–Crippen LogP) is 3.34. The van der Waals surface area contributed by atoms with Crippen LogP contribution in [0, 0.1) is 6.92 Å². The molecule has 0 spiro atoms. The Morgan fingerprint density at radius 2 is 1.79 bits per heavy atom. The molecule has 0 amide bonds. The van der Waals surface area contributed by atoms with Gasteiger partial charge in [-0.25, -0.2) is 0 Å². The summed E-state index contributed by atoms with van der Waals surface area (Å²) in [6, 6.07) is 15.9. The Balaban J connectivity index is 1.61. The van der Waals surface area contributed by atoms with Crippen molar-refractivity contribution < 1.29 is 9.47 Å². The number of anilines is 1. The standard InChI is InChI=1S/C19H25N3O2/c1-15-4-8-17(9-5-15)22-19(20)21-12-3-13-24-14-16-6-10-18(23-2)11-7-16/h4-11H,3,12-14H2,1-2H3,(H3,20,21,22). The Morgan fingerprint density at radius 3 is 2.46 bits per heavy atom. The molecule has 128 valence electrons. The summed E-state index contributed by atoms with van der Waals surface area (Å²) in [6.07, 6.45) is 0.826. The molecule has 5 nitrogen and oxygen atoms in total. The zero-order chi connectivity index (χ0) is 17.2. The minimum absolute atomic E-state index is 0.425. The molecule has 5 heteroatoms. The van der Waals surface area contributed by atoms with E-state index < -0.39 is 0 Å². The third-order valence-corrected chi connectivity index (χ3v) is 3.48. The van der Waals surface area contributed by atoms with Crippen molar-refractivity contribution in [1.29, 1.82) is 0 Å². The smallest absolute Gasteiger partial charge is 0.193 e. The lowest BCUT2D eigenvalue weighted by molar-refractivity contribution is 0.120. The van der Waals surface area contributed by atoms with Crippen LogP contribution in [0.1, 0.15) is 17.5 Å². The minimum Gasteiger partial charge on any atom is -0.497 e. The van der Waals surface area contributed by atoms with E-state index in [1.54, 1.807) is 7.11 Å².